The summed E-state index contributed by atoms with van der Waals surface area (Å²) < 4.78 is 0. The minimum Gasteiger partial charge on any atom is -0.507 e. The molecule has 1 saturated carbocycles. The van der Waals surface area contributed by atoms with Crippen molar-refractivity contribution in [2.45, 2.75) is 24.2 Å². The Kier molecular flexibility index (Phi) is 4.90. The molecule has 0 heterocycles. The van der Waals surface area contributed by atoms with E-state index in [9.17, 15) is 39.9 Å². The molecular formula is C21H21ClN2O8. The summed E-state index contributed by atoms with van der Waals surface area (Å²) in [6, 6.07) is 1.25. The van der Waals surface area contributed by atoms with Crippen molar-refractivity contribution in [3.63, 3.8) is 0 Å². The Bertz CT molecular complexity index is 1210. The Morgan fingerprint density at radius 2 is 1.78 bits per heavy atom. The maximum Gasteiger partial charge on any atom is 0.235 e. The van der Waals surface area contributed by atoms with Gasteiger partial charge in [-0.1, -0.05) is 11.6 Å². The highest BCUT2D eigenvalue weighted by Gasteiger charge is 2.66. The van der Waals surface area contributed by atoms with Gasteiger partial charge in [0.05, 0.1) is 16.5 Å². The van der Waals surface area contributed by atoms with Crippen molar-refractivity contribution < 1.29 is 39.9 Å². The number of carbonyl (C=O) groups excluding carboxylic acids is 3. The normalized spacial score (nSPS) is 29.8. The van der Waals surface area contributed by atoms with Gasteiger partial charge < -0.3 is 31.3 Å². The fourth-order valence-corrected chi connectivity index (χ4v) is 5.42. The minimum atomic E-state index is -2.68. The number of aromatic hydroxyl groups is 3. The second-order valence-electron chi connectivity index (χ2n) is 8.45. The third kappa shape index (κ3) is 2.61. The zero-order chi connectivity index (χ0) is 23.9. The molecule has 2 unspecified atom stereocenters. The monoisotopic (exact) mass is 464 g/mol. The fourth-order valence-electron chi connectivity index (χ4n) is 5.18. The molecule has 0 spiro atoms. The molecule has 0 aromatic heterocycles. The second-order valence-corrected chi connectivity index (χ2v) is 8.86. The van der Waals surface area contributed by atoms with Crippen LogP contribution in [0.15, 0.2) is 12.1 Å². The van der Waals surface area contributed by atoms with Crippen molar-refractivity contribution in [3.05, 3.63) is 28.3 Å². The molecular weight excluding hydrogens is 444 g/mol. The van der Waals surface area contributed by atoms with E-state index >= 15 is 0 Å². The summed E-state index contributed by atoms with van der Waals surface area (Å²) in [7, 11) is 2.98. The van der Waals surface area contributed by atoms with Crippen LogP contribution in [0.5, 0.6) is 17.2 Å². The SMILES string of the molecule is CN(C)[C@@H]1C(=O)C(C(N)=O)C(=O)[C@@]2(O)C(O)c3c(c(O)c4c(Cl)ccc(O)c4c3O)C[C@@H]12. The molecule has 32 heavy (non-hydrogen) atoms. The van der Waals surface area contributed by atoms with Crippen LogP contribution in [0.25, 0.3) is 10.8 Å². The van der Waals surface area contributed by atoms with Crippen molar-refractivity contribution >= 4 is 39.8 Å². The number of ketones is 2. The van der Waals surface area contributed by atoms with E-state index in [1.54, 1.807) is 0 Å². The van der Waals surface area contributed by atoms with Crippen LogP contribution >= 0.6 is 11.6 Å². The molecule has 10 nitrogen and oxygen atoms in total. The maximum atomic E-state index is 13.1. The van der Waals surface area contributed by atoms with Crippen LogP contribution < -0.4 is 5.73 Å². The molecule has 0 radical (unpaired) electrons. The predicted molar refractivity (Wildman–Crippen MR) is 111 cm³/mol. The number of likely N-dealkylation sites (N-methyl/N-ethyl adjacent to an activating group) is 1. The van der Waals surface area contributed by atoms with Gasteiger partial charge in [-0.25, -0.2) is 0 Å². The molecule has 2 aliphatic carbocycles. The van der Waals surface area contributed by atoms with E-state index in [4.69, 9.17) is 17.3 Å². The molecule has 11 heteroatoms. The second kappa shape index (κ2) is 7.04. The molecule has 2 aliphatic rings. The highest BCUT2D eigenvalue weighted by molar-refractivity contribution is 6.37. The molecule has 0 saturated heterocycles. The number of nitrogens with zero attached hydrogens (tertiary/aromatic N) is 1. The van der Waals surface area contributed by atoms with Gasteiger partial charge in [0.1, 0.15) is 23.4 Å². The number of rotatable bonds is 2. The van der Waals surface area contributed by atoms with Gasteiger partial charge in [-0.3, -0.25) is 19.3 Å². The van der Waals surface area contributed by atoms with E-state index in [0.29, 0.717) is 0 Å². The van der Waals surface area contributed by atoms with Gasteiger partial charge in [0.15, 0.2) is 23.1 Å². The third-order valence-corrected chi connectivity index (χ3v) is 6.92. The molecule has 4 rings (SSSR count). The zero-order valence-corrected chi connectivity index (χ0v) is 17.8. The zero-order valence-electron chi connectivity index (χ0n) is 17.0. The topological polar surface area (TPSA) is 182 Å². The van der Waals surface area contributed by atoms with Gasteiger partial charge in [-0.2, -0.15) is 0 Å². The number of benzene rings is 2. The Morgan fingerprint density at radius 1 is 1.16 bits per heavy atom. The summed E-state index contributed by atoms with van der Waals surface area (Å²) in [4.78, 5) is 39.4. The van der Waals surface area contributed by atoms with Crippen LogP contribution in [-0.4, -0.2) is 73.6 Å². The molecule has 2 aromatic rings. The number of hydrogen-bond donors (Lipinski definition) is 6. The number of carbonyl (C=O) groups is 3. The summed E-state index contributed by atoms with van der Waals surface area (Å²) in [5, 5.41) is 54.4. The van der Waals surface area contributed by atoms with Gasteiger partial charge >= 0.3 is 0 Å². The molecule has 5 atom stereocenters. The average Bonchev–Trinajstić information content (AvgIpc) is 2.69. The number of phenolic OH excluding ortho intramolecular Hbond substituents is 3. The van der Waals surface area contributed by atoms with E-state index in [1.165, 1.54) is 31.1 Å². The molecule has 1 fully saturated rings. The number of Topliss-reactive ketones (excluding diaryl/α,β-unsaturated/α-hetero) is 2. The van der Waals surface area contributed by atoms with Crippen LogP contribution in [0, 0.1) is 11.8 Å². The first-order chi connectivity index (χ1) is 14.8. The third-order valence-electron chi connectivity index (χ3n) is 6.61. The van der Waals surface area contributed by atoms with Gasteiger partial charge in [-0.15, -0.1) is 0 Å². The number of nitrogens with two attached hydrogens (primary N) is 1. The summed E-state index contributed by atoms with van der Waals surface area (Å²) in [5.41, 5.74) is 2.13. The predicted octanol–water partition coefficient (Wildman–Crippen LogP) is -0.270. The number of primary amides is 1. The van der Waals surface area contributed by atoms with Gasteiger partial charge in [0, 0.05) is 22.4 Å². The van der Waals surface area contributed by atoms with Crippen LogP contribution in [0.1, 0.15) is 17.2 Å². The van der Waals surface area contributed by atoms with Crippen molar-refractivity contribution in [1.29, 1.82) is 0 Å². The minimum absolute atomic E-state index is 0.00234. The Hall–Kier alpha value is -2.92. The largest absolute Gasteiger partial charge is 0.507 e. The Labute approximate surface area is 186 Å². The number of phenols is 3. The molecule has 0 aliphatic heterocycles. The number of hydrogen-bond acceptors (Lipinski definition) is 9. The van der Waals surface area contributed by atoms with E-state index in [0.717, 1.165) is 0 Å². The smallest absolute Gasteiger partial charge is 0.235 e. The van der Waals surface area contributed by atoms with Crippen LogP contribution in [-0.2, 0) is 20.8 Å². The highest BCUT2D eigenvalue weighted by atomic mass is 35.5. The van der Waals surface area contributed by atoms with E-state index < -0.39 is 69.9 Å². The standard InChI is InChI=1S/C21H21ClN2O8/c1-24(2)14-7-5-6-10(16(27)12-9(25)4-3-8(22)11(12)15(6)26)18(29)21(7,32)19(30)13(17(14)28)20(23)31/h3-4,7,13-14,18,25-27,29,32H,5H2,1-2H3,(H2,23,31)/t7-,13?,14-,18?,21-/m0/s1. The lowest BCUT2D eigenvalue weighted by atomic mass is 9.57. The summed E-state index contributed by atoms with van der Waals surface area (Å²) in [5.74, 6) is -8.32. The number of fused-ring (bicyclic) bond motifs is 3. The van der Waals surface area contributed by atoms with Crippen molar-refractivity contribution in [2.75, 3.05) is 14.1 Å². The number of aliphatic hydroxyl groups excluding tert-OH is 1. The summed E-state index contributed by atoms with van der Waals surface area (Å²) in [6.45, 7) is 0. The summed E-state index contributed by atoms with van der Waals surface area (Å²) in [6.07, 6.45) is -2.47. The van der Waals surface area contributed by atoms with Crippen molar-refractivity contribution in [3.8, 4) is 17.2 Å². The Balaban J connectivity index is 2.07. The highest BCUT2D eigenvalue weighted by Crippen LogP contribution is 2.56. The lowest BCUT2D eigenvalue weighted by Gasteiger charge is -2.51. The molecule has 7 N–H and O–H groups in total. The molecule has 2 aromatic carbocycles. The Morgan fingerprint density at radius 3 is 2.34 bits per heavy atom. The van der Waals surface area contributed by atoms with Crippen LogP contribution in [0.2, 0.25) is 5.02 Å². The fraction of sp³-hybridized carbons (Fsp3) is 0.381. The average molecular weight is 465 g/mol. The van der Waals surface area contributed by atoms with Crippen molar-refractivity contribution in [1.82, 2.24) is 4.90 Å². The van der Waals surface area contributed by atoms with Crippen molar-refractivity contribution in [2.24, 2.45) is 17.6 Å². The molecule has 0 bridgehead atoms. The maximum absolute atomic E-state index is 13.1. The summed E-state index contributed by atoms with van der Waals surface area (Å²) >= 11 is 6.17. The van der Waals surface area contributed by atoms with E-state index in [2.05, 4.69) is 0 Å². The van der Waals surface area contributed by atoms with Gasteiger partial charge in [0.2, 0.25) is 5.91 Å². The quantitative estimate of drug-likeness (QED) is 0.257. The van der Waals surface area contributed by atoms with Crippen LogP contribution in [0.3, 0.4) is 0 Å². The first-order valence-corrected chi connectivity index (χ1v) is 10.0. The molecule has 1 amide bonds. The number of aliphatic hydroxyl groups is 2. The molecule has 170 valence electrons. The van der Waals surface area contributed by atoms with E-state index in [1.807, 2.05) is 0 Å². The van der Waals surface area contributed by atoms with Crippen LogP contribution in [0.4, 0.5) is 0 Å². The van der Waals surface area contributed by atoms with Gasteiger partial charge in [0.25, 0.3) is 0 Å². The lowest BCUT2D eigenvalue weighted by molar-refractivity contribution is -0.187. The first kappa shape index (κ1) is 22.3. The first-order valence-electron chi connectivity index (χ1n) is 9.67. The van der Waals surface area contributed by atoms with E-state index in [-0.39, 0.29) is 27.8 Å². The number of halogens is 1. The number of amides is 1. The lowest BCUT2D eigenvalue weighted by Crippen LogP contribution is -2.70. The van der Waals surface area contributed by atoms with Gasteiger partial charge in [-0.05, 0) is 32.6 Å².